The number of halogens is 1. The fourth-order valence-corrected chi connectivity index (χ4v) is 3.14. The molecule has 0 bridgehead atoms. The van der Waals surface area contributed by atoms with E-state index in [4.69, 9.17) is 16.0 Å². The lowest BCUT2D eigenvalue weighted by molar-refractivity contribution is -0.130. The highest BCUT2D eigenvalue weighted by molar-refractivity contribution is 6.30. The fraction of sp³-hybridized carbons (Fsp3) is 0.263. The first-order valence-electron chi connectivity index (χ1n) is 8.78. The molecule has 1 amide bonds. The van der Waals surface area contributed by atoms with Crippen molar-refractivity contribution in [2.24, 2.45) is 0 Å². The van der Waals surface area contributed by atoms with Crippen molar-refractivity contribution in [3.8, 4) is 11.6 Å². The van der Waals surface area contributed by atoms with E-state index in [0.717, 1.165) is 15.9 Å². The van der Waals surface area contributed by atoms with Gasteiger partial charge in [0.1, 0.15) is 12.2 Å². The number of carbonyl (C=O) groups excluding carboxylic acids is 1. The van der Waals surface area contributed by atoms with E-state index < -0.39 is 5.76 Å². The molecule has 0 N–H and O–H groups in total. The maximum Gasteiger partial charge on any atom is 0.437 e. The van der Waals surface area contributed by atoms with E-state index in [2.05, 4.69) is 10.1 Å². The summed E-state index contributed by atoms with van der Waals surface area (Å²) in [6.45, 7) is 3.41. The second-order valence-corrected chi connectivity index (χ2v) is 6.97. The number of benzene rings is 1. The molecule has 0 aliphatic carbocycles. The van der Waals surface area contributed by atoms with Crippen LogP contribution in [0.5, 0.6) is 0 Å². The van der Waals surface area contributed by atoms with Crippen molar-refractivity contribution in [1.29, 1.82) is 0 Å². The molecule has 1 aromatic carbocycles. The van der Waals surface area contributed by atoms with Gasteiger partial charge in [-0.2, -0.15) is 4.68 Å². The molecule has 8 nitrogen and oxygen atoms in total. The molecule has 3 aromatic rings. The zero-order chi connectivity index (χ0) is 19.7. The Hall–Kier alpha value is -3.13. The Kier molecular flexibility index (Phi) is 4.87. The summed E-state index contributed by atoms with van der Waals surface area (Å²) in [7, 11) is 0. The molecule has 0 unspecified atom stereocenters. The summed E-state index contributed by atoms with van der Waals surface area (Å²) >= 11 is 5.92. The van der Waals surface area contributed by atoms with Crippen LogP contribution in [0.1, 0.15) is 11.3 Å². The second-order valence-electron chi connectivity index (χ2n) is 6.53. The van der Waals surface area contributed by atoms with Gasteiger partial charge in [0.05, 0.1) is 6.33 Å². The molecule has 0 atom stereocenters. The average Bonchev–Trinajstić information content (AvgIpc) is 3.40. The molecule has 1 aliphatic heterocycles. The second kappa shape index (κ2) is 7.47. The van der Waals surface area contributed by atoms with Crippen molar-refractivity contribution in [3.63, 3.8) is 0 Å². The van der Waals surface area contributed by atoms with Gasteiger partial charge in [-0.25, -0.2) is 9.78 Å². The van der Waals surface area contributed by atoms with Gasteiger partial charge >= 0.3 is 5.76 Å². The molecule has 0 saturated heterocycles. The molecule has 1 aliphatic rings. The minimum absolute atomic E-state index is 0.102. The molecule has 0 saturated carbocycles. The third kappa shape index (κ3) is 3.63. The summed E-state index contributed by atoms with van der Waals surface area (Å²) in [6.07, 6.45) is 5.48. The summed E-state index contributed by atoms with van der Waals surface area (Å²) in [6, 6.07) is 7.54. The molecular weight excluding hydrogens is 382 g/mol. The Balaban J connectivity index is 1.53. The van der Waals surface area contributed by atoms with Crippen LogP contribution in [0.3, 0.4) is 0 Å². The van der Waals surface area contributed by atoms with Crippen molar-refractivity contribution in [3.05, 3.63) is 69.6 Å². The molecule has 0 fully saturated rings. The van der Waals surface area contributed by atoms with Crippen LogP contribution in [0.25, 0.3) is 11.6 Å². The van der Waals surface area contributed by atoms with Gasteiger partial charge < -0.3 is 13.9 Å². The number of amides is 1. The molecule has 2 aromatic heterocycles. The Bertz CT molecular complexity index is 1090. The predicted molar refractivity (Wildman–Crippen MR) is 103 cm³/mol. The zero-order valence-electron chi connectivity index (χ0n) is 15.2. The van der Waals surface area contributed by atoms with Crippen LogP contribution in [-0.4, -0.2) is 43.2 Å². The summed E-state index contributed by atoms with van der Waals surface area (Å²) in [4.78, 5) is 30.3. The van der Waals surface area contributed by atoms with Gasteiger partial charge in [0.2, 0.25) is 5.91 Å². The first-order chi connectivity index (χ1) is 13.5. The van der Waals surface area contributed by atoms with Crippen molar-refractivity contribution in [1.82, 2.24) is 24.2 Å². The van der Waals surface area contributed by atoms with E-state index in [9.17, 15) is 9.59 Å². The van der Waals surface area contributed by atoms with Gasteiger partial charge in [-0.15, -0.1) is 5.10 Å². The lowest BCUT2D eigenvalue weighted by Gasteiger charge is -2.14. The van der Waals surface area contributed by atoms with Crippen LogP contribution >= 0.6 is 11.6 Å². The normalized spacial score (nSPS) is 13.4. The molecule has 0 radical (unpaired) electrons. The third-order valence-electron chi connectivity index (χ3n) is 4.63. The number of hydrogen-bond donors (Lipinski definition) is 0. The highest BCUT2D eigenvalue weighted by Gasteiger charge is 2.21. The van der Waals surface area contributed by atoms with E-state index in [0.29, 0.717) is 30.4 Å². The van der Waals surface area contributed by atoms with Gasteiger partial charge in [-0.05, 0) is 24.6 Å². The number of nitrogens with zero attached hydrogens (tertiary/aromatic N) is 5. The SMILES string of the molecule is Cc1c(-c2nn(CC(=O)N3CC=CC3)c(=O)o2)ncn1Cc1ccc(Cl)cc1. The van der Waals surface area contributed by atoms with Gasteiger partial charge in [0.25, 0.3) is 5.89 Å². The summed E-state index contributed by atoms with van der Waals surface area (Å²) < 4.78 is 8.21. The molecule has 0 spiro atoms. The smallest absolute Gasteiger partial charge is 0.386 e. The van der Waals surface area contributed by atoms with Gasteiger partial charge in [0.15, 0.2) is 0 Å². The molecule has 9 heteroatoms. The van der Waals surface area contributed by atoms with Crippen LogP contribution in [0.2, 0.25) is 5.02 Å². The Morgan fingerprint density at radius 1 is 1.21 bits per heavy atom. The largest absolute Gasteiger partial charge is 0.437 e. The Labute approximate surface area is 165 Å². The highest BCUT2D eigenvalue weighted by atomic mass is 35.5. The van der Waals surface area contributed by atoms with E-state index in [1.165, 1.54) is 0 Å². The molecule has 3 heterocycles. The van der Waals surface area contributed by atoms with Crippen molar-refractivity contribution in [2.75, 3.05) is 13.1 Å². The van der Waals surface area contributed by atoms with E-state index in [1.807, 2.05) is 47.9 Å². The first kappa shape index (κ1) is 18.2. The van der Waals surface area contributed by atoms with Crippen LogP contribution in [-0.2, 0) is 17.9 Å². The molecule has 144 valence electrons. The van der Waals surface area contributed by atoms with E-state index >= 15 is 0 Å². The maximum atomic E-state index is 12.2. The standard InChI is InChI=1S/C19H18ClN5O3/c1-13-17(21-12-24(13)10-14-4-6-15(20)7-5-14)18-22-25(19(27)28-18)11-16(26)23-8-2-3-9-23/h2-7,12H,8-11H2,1H3. The first-order valence-corrected chi connectivity index (χ1v) is 9.16. The van der Waals surface area contributed by atoms with Crippen molar-refractivity contribution in [2.45, 2.75) is 20.0 Å². The van der Waals surface area contributed by atoms with Crippen LogP contribution in [0, 0.1) is 6.92 Å². The van der Waals surface area contributed by atoms with Crippen molar-refractivity contribution >= 4 is 17.5 Å². The lowest BCUT2D eigenvalue weighted by atomic mass is 10.2. The number of carbonyl (C=O) groups is 1. The third-order valence-corrected chi connectivity index (χ3v) is 4.88. The summed E-state index contributed by atoms with van der Waals surface area (Å²) in [5, 5.41) is 4.84. The number of imidazole rings is 1. The van der Waals surface area contributed by atoms with Gasteiger partial charge in [0, 0.05) is 30.4 Å². The van der Waals surface area contributed by atoms with Crippen LogP contribution in [0.15, 0.2) is 52.0 Å². The summed E-state index contributed by atoms with van der Waals surface area (Å²) in [5.41, 5.74) is 2.34. The highest BCUT2D eigenvalue weighted by Crippen LogP contribution is 2.20. The quantitative estimate of drug-likeness (QED) is 0.613. The van der Waals surface area contributed by atoms with E-state index in [1.54, 1.807) is 11.2 Å². The monoisotopic (exact) mass is 399 g/mol. The maximum absolute atomic E-state index is 12.2. The zero-order valence-corrected chi connectivity index (χ0v) is 16.0. The van der Waals surface area contributed by atoms with Crippen LogP contribution in [0.4, 0.5) is 0 Å². The summed E-state index contributed by atoms with van der Waals surface area (Å²) in [5.74, 6) is -0.760. The number of hydrogen-bond acceptors (Lipinski definition) is 5. The predicted octanol–water partition coefficient (Wildman–Crippen LogP) is 2.11. The number of aromatic nitrogens is 4. The minimum Gasteiger partial charge on any atom is -0.386 e. The fourth-order valence-electron chi connectivity index (χ4n) is 3.01. The van der Waals surface area contributed by atoms with Crippen LogP contribution < -0.4 is 5.76 Å². The number of rotatable bonds is 5. The Morgan fingerprint density at radius 3 is 2.64 bits per heavy atom. The Morgan fingerprint density at radius 2 is 1.93 bits per heavy atom. The lowest BCUT2D eigenvalue weighted by Crippen LogP contribution is -2.34. The van der Waals surface area contributed by atoms with E-state index in [-0.39, 0.29) is 18.3 Å². The van der Waals surface area contributed by atoms with Gasteiger partial charge in [-0.3, -0.25) is 4.79 Å². The molecule has 28 heavy (non-hydrogen) atoms. The topological polar surface area (TPSA) is 86.2 Å². The van der Waals surface area contributed by atoms with Crippen molar-refractivity contribution < 1.29 is 9.21 Å². The molecular formula is C19H18ClN5O3. The van der Waals surface area contributed by atoms with Gasteiger partial charge in [-0.1, -0.05) is 35.9 Å². The molecule has 4 rings (SSSR count). The average molecular weight is 400 g/mol. The minimum atomic E-state index is -0.679.